The maximum atomic E-state index is 14.6. The molecular weight excluding hydrogens is 517 g/mol. The summed E-state index contributed by atoms with van der Waals surface area (Å²) in [4.78, 5) is 23.5. The number of benzene rings is 2. The number of hydrogen-bond acceptors (Lipinski definition) is 8. The molecule has 3 N–H and O–H groups in total. The number of carbonyl (C=O) groups excluding carboxylic acids is 1. The van der Waals surface area contributed by atoms with Crippen LogP contribution < -0.4 is 15.4 Å². The van der Waals surface area contributed by atoms with Gasteiger partial charge in [0.2, 0.25) is 11.8 Å². The van der Waals surface area contributed by atoms with E-state index in [4.69, 9.17) is 16.3 Å². The fourth-order valence-electron chi connectivity index (χ4n) is 4.99. The van der Waals surface area contributed by atoms with E-state index in [1.54, 1.807) is 24.4 Å². The Kier molecular flexibility index (Phi) is 8.11. The fourth-order valence-corrected chi connectivity index (χ4v) is 6.07. The molecule has 1 fully saturated rings. The van der Waals surface area contributed by atoms with Crippen LogP contribution in [-0.4, -0.2) is 64.9 Å². The first-order chi connectivity index (χ1) is 17.9. The predicted octanol–water partition coefficient (Wildman–Crippen LogP) is 4.01. The van der Waals surface area contributed by atoms with Crippen LogP contribution in [0.25, 0.3) is 11.0 Å². The highest BCUT2D eigenvalue weighted by molar-refractivity contribution is 8.00. The zero-order valence-electron chi connectivity index (χ0n) is 20.5. The second-order valence-corrected chi connectivity index (χ2v) is 10.9. The molecule has 5 rings (SSSR count). The number of hydrogen-bond donors (Lipinski definition) is 3. The highest BCUT2D eigenvalue weighted by Gasteiger charge is 2.25. The summed E-state index contributed by atoms with van der Waals surface area (Å²) in [6.45, 7) is 3.21. The Morgan fingerprint density at radius 1 is 1.41 bits per heavy atom. The summed E-state index contributed by atoms with van der Waals surface area (Å²) in [5, 5.41) is 17.8. The molecule has 2 aliphatic rings. The van der Waals surface area contributed by atoms with Crippen molar-refractivity contribution in [1.82, 2.24) is 20.2 Å². The van der Waals surface area contributed by atoms with Crippen molar-refractivity contribution in [2.75, 3.05) is 44.4 Å². The number of fused-ring (bicyclic) bond motifs is 2. The van der Waals surface area contributed by atoms with Gasteiger partial charge in [0.05, 0.1) is 36.4 Å². The number of piperidine rings is 1. The van der Waals surface area contributed by atoms with E-state index in [1.165, 1.54) is 24.9 Å². The lowest BCUT2D eigenvalue weighted by molar-refractivity contribution is -0.113. The lowest BCUT2D eigenvalue weighted by Gasteiger charge is -2.34. The minimum Gasteiger partial charge on any atom is -0.480 e. The Morgan fingerprint density at radius 3 is 3.11 bits per heavy atom. The fraction of sp³-hybridized carbons (Fsp3) is 0.423. The van der Waals surface area contributed by atoms with Crippen LogP contribution in [0.15, 0.2) is 35.4 Å². The Labute approximate surface area is 223 Å². The number of carbonyl (C=O) groups is 1. The third-order valence-corrected chi connectivity index (χ3v) is 8.17. The summed E-state index contributed by atoms with van der Waals surface area (Å²) in [6, 6.07) is 6.73. The molecular formula is C26H29ClFN5O3S. The normalized spacial score (nSPS) is 18.9. The number of nitrogens with zero attached hydrogens (tertiary/aromatic N) is 3. The molecule has 0 bridgehead atoms. The zero-order chi connectivity index (χ0) is 25.9. The van der Waals surface area contributed by atoms with Crippen LogP contribution in [0.2, 0.25) is 5.02 Å². The maximum Gasteiger partial charge on any atom is 0.234 e. The van der Waals surface area contributed by atoms with Crippen LogP contribution in [0.1, 0.15) is 30.1 Å². The lowest BCUT2D eigenvalue weighted by Crippen LogP contribution is -2.41. The topological polar surface area (TPSA) is 99.6 Å². The summed E-state index contributed by atoms with van der Waals surface area (Å²) >= 11 is 7.83. The number of aliphatic hydroxyl groups is 1. The zero-order valence-corrected chi connectivity index (χ0v) is 22.0. The van der Waals surface area contributed by atoms with Gasteiger partial charge >= 0.3 is 0 Å². The number of nitrogens with one attached hydrogen (secondary N) is 2. The Bertz CT molecular complexity index is 1310. The highest BCUT2D eigenvalue weighted by atomic mass is 35.5. The van der Waals surface area contributed by atoms with Gasteiger partial charge in [0.1, 0.15) is 11.3 Å². The molecule has 0 saturated carbocycles. The molecule has 0 radical (unpaired) electrons. The van der Waals surface area contributed by atoms with E-state index in [0.29, 0.717) is 63.5 Å². The van der Waals surface area contributed by atoms with Crippen molar-refractivity contribution in [2.24, 2.45) is 5.92 Å². The Morgan fingerprint density at radius 2 is 2.27 bits per heavy atom. The van der Waals surface area contributed by atoms with E-state index in [-0.39, 0.29) is 11.7 Å². The smallest absolute Gasteiger partial charge is 0.234 e. The van der Waals surface area contributed by atoms with E-state index in [1.807, 2.05) is 0 Å². The van der Waals surface area contributed by atoms with Crippen LogP contribution in [0.5, 0.6) is 5.88 Å². The van der Waals surface area contributed by atoms with Crippen molar-refractivity contribution in [2.45, 2.75) is 30.4 Å². The summed E-state index contributed by atoms with van der Waals surface area (Å²) < 4.78 is 19.8. The molecule has 1 amide bonds. The minimum absolute atomic E-state index is 0.0662. The summed E-state index contributed by atoms with van der Waals surface area (Å²) in [7, 11) is 1.52. The third-order valence-electron chi connectivity index (χ3n) is 6.79. The largest absolute Gasteiger partial charge is 0.480 e. The van der Waals surface area contributed by atoms with Crippen LogP contribution in [0.3, 0.4) is 0 Å². The summed E-state index contributed by atoms with van der Waals surface area (Å²) in [5.74, 6) is 0.702. The molecule has 2 unspecified atom stereocenters. The van der Waals surface area contributed by atoms with Gasteiger partial charge in [-0.05, 0) is 56.1 Å². The van der Waals surface area contributed by atoms with E-state index in [9.17, 15) is 14.3 Å². The first-order valence-corrected chi connectivity index (χ1v) is 13.6. The number of halogens is 2. The van der Waals surface area contributed by atoms with Crippen molar-refractivity contribution in [3.05, 3.63) is 52.4 Å². The molecule has 11 heteroatoms. The number of ether oxygens (including phenoxy) is 1. The van der Waals surface area contributed by atoms with Crippen molar-refractivity contribution in [1.29, 1.82) is 0 Å². The minimum atomic E-state index is -0.831. The molecule has 0 aliphatic carbocycles. The van der Waals surface area contributed by atoms with Gasteiger partial charge in [-0.2, -0.15) is 0 Å². The van der Waals surface area contributed by atoms with Gasteiger partial charge in [0.25, 0.3) is 0 Å². The van der Waals surface area contributed by atoms with Crippen LogP contribution in [0.4, 0.5) is 10.1 Å². The molecule has 3 heterocycles. The SMILES string of the molecule is COc1cnc2ccc(Cl)c(C(O)CN3CCCC(CNCc4cc5c(cc4F)SCC(=O)N5)C3)c2n1. The van der Waals surface area contributed by atoms with E-state index >= 15 is 0 Å². The summed E-state index contributed by atoms with van der Waals surface area (Å²) in [6.07, 6.45) is 2.77. The lowest BCUT2D eigenvalue weighted by atomic mass is 9.96. The molecule has 196 valence electrons. The number of amides is 1. The van der Waals surface area contributed by atoms with E-state index in [0.717, 1.165) is 37.4 Å². The number of aromatic nitrogens is 2. The Balaban J connectivity index is 1.19. The number of thioether (sulfide) groups is 1. The van der Waals surface area contributed by atoms with Gasteiger partial charge in [-0.3, -0.25) is 4.79 Å². The Hall–Kier alpha value is -2.50. The quantitative estimate of drug-likeness (QED) is 0.390. The van der Waals surface area contributed by atoms with Crippen molar-refractivity contribution in [3.8, 4) is 5.88 Å². The van der Waals surface area contributed by atoms with Gasteiger partial charge in [-0.25, -0.2) is 14.4 Å². The molecule has 37 heavy (non-hydrogen) atoms. The summed E-state index contributed by atoms with van der Waals surface area (Å²) in [5.41, 5.74) is 2.95. The molecule has 1 saturated heterocycles. The highest BCUT2D eigenvalue weighted by Crippen LogP contribution is 2.34. The number of likely N-dealkylation sites (tertiary alicyclic amines) is 1. The van der Waals surface area contributed by atoms with E-state index < -0.39 is 6.10 Å². The first kappa shape index (κ1) is 26.1. The number of β-amino-alcohol motifs (C(OH)–C–C–N with tert-alkyl or cyclic N) is 1. The predicted molar refractivity (Wildman–Crippen MR) is 143 cm³/mol. The first-order valence-electron chi connectivity index (χ1n) is 12.3. The van der Waals surface area contributed by atoms with Crippen LogP contribution in [-0.2, 0) is 11.3 Å². The molecule has 2 aliphatic heterocycles. The number of anilines is 1. The van der Waals surface area contributed by atoms with Crippen LogP contribution in [0, 0.1) is 11.7 Å². The van der Waals surface area contributed by atoms with Gasteiger partial charge in [0.15, 0.2) is 0 Å². The van der Waals surface area contributed by atoms with Gasteiger partial charge < -0.3 is 25.4 Å². The number of rotatable bonds is 8. The standard InChI is InChI=1S/C26H29ClFN5O3S/c1-36-24-11-30-19-5-4-17(27)25(26(19)32-24)21(34)13-33-6-2-3-15(12-33)9-29-10-16-7-20-22(8-18(16)28)37-14-23(35)31-20/h4-5,7-8,11,15,21,29,34H,2-3,6,9-10,12-14H2,1H3,(H,31,35). The number of aliphatic hydroxyl groups excluding tert-OH is 1. The van der Waals surface area contributed by atoms with Crippen molar-refractivity contribution in [3.63, 3.8) is 0 Å². The monoisotopic (exact) mass is 545 g/mol. The average molecular weight is 546 g/mol. The molecule has 0 spiro atoms. The van der Waals surface area contributed by atoms with Gasteiger partial charge in [-0.15, -0.1) is 11.8 Å². The van der Waals surface area contributed by atoms with E-state index in [2.05, 4.69) is 25.5 Å². The molecule has 8 nitrogen and oxygen atoms in total. The average Bonchev–Trinajstić information content (AvgIpc) is 2.89. The van der Waals surface area contributed by atoms with Crippen LogP contribution >= 0.6 is 23.4 Å². The second-order valence-electron chi connectivity index (χ2n) is 9.43. The van der Waals surface area contributed by atoms with Gasteiger partial charge in [0, 0.05) is 40.7 Å². The number of methoxy groups -OCH3 is 1. The maximum absolute atomic E-state index is 14.6. The molecule has 1 aromatic heterocycles. The van der Waals surface area contributed by atoms with Crippen molar-refractivity contribution >= 4 is 46.0 Å². The third kappa shape index (κ3) is 5.99. The van der Waals surface area contributed by atoms with Gasteiger partial charge in [-0.1, -0.05) is 11.6 Å². The molecule has 2 aromatic carbocycles. The van der Waals surface area contributed by atoms with Crippen molar-refractivity contribution < 1.29 is 19.0 Å². The molecule has 2 atom stereocenters. The molecule has 3 aromatic rings. The second kappa shape index (κ2) is 11.5.